The maximum absolute atomic E-state index is 13.8. The zero-order chi connectivity index (χ0) is 22.9. The van der Waals surface area contributed by atoms with Crippen molar-refractivity contribution in [1.29, 1.82) is 0 Å². The molecule has 0 radical (unpaired) electrons. The van der Waals surface area contributed by atoms with Crippen LogP contribution in [0.1, 0.15) is 44.6 Å². The van der Waals surface area contributed by atoms with Crippen LogP contribution >= 0.6 is 0 Å². The number of hydrogen-bond acceptors (Lipinski definition) is 3. The number of anilines is 1. The molecule has 32 heavy (non-hydrogen) atoms. The van der Waals surface area contributed by atoms with Crippen molar-refractivity contribution in [3.63, 3.8) is 0 Å². The third kappa shape index (κ3) is 3.85. The van der Waals surface area contributed by atoms with E-state index in [4.69, 9.17) is 4.74 Å². The molecular weight excluding hydrogens is 402 g/mol. The summed E-state index contributed by atoms with van der Waals surface area (Å²) >= 11 is 0. The summed E-state index contributed by atoms with van der Waals surface area (Å²) in [6.45, 7) is 9.56. The Morgan fingerprint density at radius 1 is 1.16 bits per heavy atom. The van der Waals surface area contributed by atoms with Gasteiger partial charge in [0.25, 0.3) is 5.91 Å². The summed E-state index contributed by atoms with van der Waals surface area (Å²) in [5.41, 5.74) is 1.16. The number of para-hydroxylation sites is 1. The van der Waals surface area contributed by atoms with Crippen molar-refractivity contribution in [1.82, 2.24) is 9.88 Å². The molecule has 0 saturated carbocycles. The van der Waals surface area contributed by atoms with Crippen LogP contribution in [0.25, 0.3) is 10.9 Å². The van der Waals surface area contributed by atoms with E-state index < -0.39 is 5.54 Å². The molecule has 0 fully saturated rings. The Kier molecular flexibility index (Phi) is 5.96. The van der Waals surface area contributed by atoms with Crippen LogP contribution in [0.4, 0.5) is 5.69 Å². The smallest absolute Gasteiger partial charge is 0.275 e. The lowest BCUT2D eigenvalue weighted by Crippen LogP contribution is -2.64. The molecule has 2 aromatic carbocycles. The highest BCUT2D eigenvalue weighted by molar-refractivity contribution is 6.14. The number of nitrogens with zero attached hydrogens (tertiary/aromatic N) is 2. The first-order chi connectivity index (χ1) is 15.3. The Morgan fingerprint density at radius 3 is 2.56 bits per heavy atom. The number of amides is 2. The number of carbonyl (C=O) groups is 2. The Labute approximate surface area is 189 Å². The number of rotatable bonds is 7. The monoisotopic (exact) mass is 433 g/mol. The normalized spacial score (nSPS) is 18.2. The lowest BCUT2D eigenvalue weighted by atomic mass is 9.93. The van der Waals surface area contributed by atoms with Crippen molar-refractivity contribution < 1.29 is 14.3 Å². The minimum absolute atomic E-state index is 0.149. The van der Waals surface area contributed by atoms with Gasteiger partial charge in [0.15, 0.2) is 0 Å². The van der Waals surface area contributed by atoms with Crippen LogP contribution in [0, 0.1) is 5.92 Å². The van der Waals surface area contributed by atoms with Crippen molar-refractivity contribution >= 4 is 28.4 Å². The number of aromatic nitrogens is 1. The Morgan fingerprint density at radius 2 is 1.88 bits per heavy atom. The van der Waals surface area contributed by atoms with Crippen molar-refractivity contribution in [3.8, 4) is 5.75 Å². The second-order valence-corrected chi connectivity index (χ2v) is 8.95. The summed E-state index contributed by atoms with van der Waals surface area (Å²) < 4.78 is 7.54. The van der Waals surface area contributed by atoms with Gasteiger partial charge in [-0.15, -0.1) is 0 Å². The SMILES string of the molecule is CCOc1ccc(N2C(=O)c3cc4ccccc4n3C[C@]2(C)C(=O)NCCC(C)C)cc1. The average molecular weight is 434 g/mol. The van der Waals surface area contributed by atoms with E-state index in [1.807, 2.05) is 73.0 Å². The molecule has 6 nitrogen and oxygen atoms in total. The molecule has 0 unspecified atom stereocenters. The van der Waals surface area contributed by atoms with Crippen molar-refractivity contribution in [2.24, 2.45) is 5.92 Å². The van der Waals surface area contributed by atoms with E-state index >= 15 is 0 Å². The topological polar surface area (TPSA) is 63.6 Å². The lowest BCUT2D eigenvalue weighted by Gasteiger charge is -2.44. The van der Waals surface area contributed by atoms with E-state index in [2.05, 4.69) is 19.2 Å². The molecule has 0 bridgehead atoms. The molecule has 1 aliphatic rings. The molecule has 0 saturated heterocycles. The lowest BCUT2D eigenvalue weighted by molar-refractivity contribution is -0.126. The molecule has 1 aromatic heterocycles. The highest BCUT2D eigenvalue weighted by Gasteiger charge is 2.48. The average Bonchev–Trinajstić information content (AvgIpc) is 3.13. The van der Waals surface area contributed by atoms with Crippen LogP contribution < -0.4 is 15.0 Å². The molecule has 0 aliphatic carbocycles. The summed E-state index contributed by atoms with van der Waals surface area (Å²) in [7, 11) is 0. The molecular formula is C26H31N3O3. The van der Waals surface area contributed by atoms with Gasteiger partial charge in [-0.25, -0.2) is 0 Å². The molecule has 1 N–H and O–H groups in total. The summed E-state index contributed by atoms with van der Waals surface area (Å²) in [6.07, 6.45) is 0.885. The number of carbonyl (C=O) groups excluding carboxylic acids is 2. The molecule has 0 spiro atoms. The maximum atomic E-state index is 13.8. The van der Waals surface area contributed by atoms with Gasteiger partial charge in [0.05, 0.1) is 13.2 Å². The Bertz CT molecular complexity index is 1130. The fourth-order valence-electron chi connectivity index (χ4n) is 4.37. The highest BCUT2D eigenvalue weighted by atomic mass is 16.5. The van der Waals surface area contributed by atoms with Crippen LogP contribution in [0.2, 0.25) is 0 Å². The van der Waals surface area contributed by atoms with Crippen LogP contribution in [0.5, 0.6) is 5.75 Å². The third-order valence-corrected chi connectivity index (χ3v) is 6.09. The minimum atomic E-state index is -1.07. The van der Waals surface area contributed by atoms with Crippen molar-refractivity contribution in [2.75, 3.05) is 18.1 Å². The van der Waals surface area contributed by atoms with Gasteiger partial charge in [-0.05, 0) is 62.6 Å². The molecule has 1 aliphatic heterocycles. The molecule has 3 aromatic rings. The van der Waals surface area contributed by atoms with E-state index in [1.54, 1.807) is 4.90 Å². The van der Waals surface area contributed by atoms with Gasteiger partial charge < -0.3 is 14.6 Å². The summed E-state index contributed by atoms with van der Waals surface area (Å²) in [5.74, 6) is 0.887. The third-order valence-electron chi connectivity index (χ3n) is 6.09. The van der Waals surface area contributed by atoms with Crippen LogP contribution in [-0.4, -0.2) is 35.1 Å². The first-order valence-corrected chi connectivity index (χ1v) is 11.3. The molecule has 1 atom stereocenters. The maximum Gasteiger partial charge on any atom is 0.275 e. The van der Waals surface area contributed by atoms with E-state index in [0.29, 0.717) is 37.0 Å². The quantitative estimate of drug-likeness (QED) is 0.591. The zero-order valence-electron chi connectivity index (χ0n) is 19.2. The van der Waals surface area contributed by atoms with E-state index in [0.717, 1.165) is 23.1 Å². The van der Waals surface area contributed by atoms with E-state index in [-0.39, 0.29) is 11.8 Å². The van der Waals surface area contributed by atoms with Gasteiger partial charge in [0.1, 0.15) is 17.0 Å². The standard InChI is InChI=1S/C26H31N3O3/c1-5-32-21-12-10-20(11-13-21)29-24(30)23-16-19-8-6-7-9-22(19)28(23)17-26(29,4)25(31)27-15-14-18(2)3/h6-13,16,18H,5,14-15,17H2,1-4H3,(H,27,31)/t26-/m1/s1. The largest absolute Gasteiger partial charge is 0.494 e. The van der Waals surface area contributed by atoms with Crippen LogP contribution in [0.15, 0.2) is 54.6 Å². The second kappa shape index (κ2) is 8.69. The van der Waals surface area contributed by atoms with E-state index in [1.165, 1.54) is 0 Å². The van der Waals surface area contributed by atoms with Gasteiger partial charge in [-0.3, -0.25) is 14.5 Å². The Hall–Kier alpha value is -3.28. The van der Waals surface area contributed by atoms with Crippen molar-refractivity contribution in [3.05, 3.63) is 60.3 Å². The van der Waals surface area contributed by atoms with Gasteiger partial charge in [-0.2, -0.15) is 0 Å². The molecule has 2 heterocycles. The van der Waals surface area contributed by atoms with Crippen LogP contribution in [-0.2, 0) is 11.3 Å². The first kappa shape index (κ1) is 21.9. The van der Waals surface area contributed by atoms with Gasteiger partial charge in [-0.1, -0.05) is 32.0 Å². The predicted molar refractivity (Wildman–Crippen MR) is 127 cm³/mol. The zero-order valence-corrected chi connectivity index (χ0v) is 19.2. The number of benzene rings is 2. The molecule has 4 rings (SSSR count). The molecule has 168 valence electrons. The fourth-order valence-corrected chi connectivity index (χ4v) is 4.37. The molecule has 2 amide bonds. The van der Waals surface area contributed by atoms with E-state index in [9.17, 15) is 9.59 Å². The molecule has 6 heteroatoms. The number of fused-ring (bicyclic) bond motifs is 3. The second-order valence-electron chi connectivity index (χ2n) is 8.95. The highest BCUT2D eigenvalue weighted by Crippen LogP contribution is 2.36. The number of ether oxygens (including phenoxy) is 1. The van der Waals surface area contributed by atoms with Gasteiger partial charge in [0.2, 0.25) is 5.91 Å². The number of nitrogens with one attached hydrogen (secondary N) is 1. The fraction of sp³-hybridized carbons (Fsp3) is 0.385. The summed E-state index contributed by atoms with van der Waals surface area (Å²) in [4.78, 5) is 29.0. The van der Waals surface area contributed by atoms with Crippen LogP contribution in [0.3, 0.4) is 0 Å². The Balaban J connectivity index is 1.78. The summed E-state index contributed by atoms with van der Waals surface area (Å²) in [6, 6.07) is 17.2. The van der Waals surface area contributed by atoms with Crippen molar-refractivity contribution in [2.45, 2.75) is 46.2 Å². The number of hydrogen-bond donors (Lipinski definition) is 1. The summed E-state index contributed by atoms with van der Waals surface area (Å²) in [5, 5.41) is 4.07. The minimum Gasteiger partial charge on any atom is -0.494 e. The first-order valence-electron chi connectivity index (χ1n) is 11.3. The van der Waals surface area contributed by atoms with Gasteiger partial charge >= 0.3 is 0 Å². The van der Waals surface area contributed by atoms with Gasteiger partial charge in [0, 0.05) is 23.1 Å². The predicted octanol–water partition coefficient (Wildman–Crippen LogP) is 4.62.